The number of rotatable bonds is 28. The van der Waals surface area contributed by atoms with E-state index in [1.807, 2.05) is 113 Å². The summed E-state index contributed by atoms with van der Waals surface area (Å²) in [6.07, 6.45) is 0. The van der Waals surface area contributed by atoms with Crippen LogP contribution in [0, 0.1) is 27.7 Å². The number of carbonyl (C=O) groups is 4. The molecule has 0 aliphatic rings. The Morgan fingerprint density at radius 3 is 0.824 bits per heavy atom. The second-order valence-corrected chi connectivity index (χ2v) is 36.4. The van der Waals surface area contributed by atoms with Crippen molar-refractivity contribution in [3.05, 3.63) is 516 Å². The van der Waals surface area contributed by atoms with Crippen molar-refractivity contribution in [3.8, 4) is 44.5 Å². The molecular formula is C136H122N4O8. The first-order valence-electron chi connectivity index (χ1n) is 49.7. The van der Waals surface area contributed by atoms with E-state index in [1.165, 1.54) is 44.5 Å². The van der Waals surface area contributed by atoms with Crippen LogP contribution < -0.4 is 19.6 Å². The molecule has 0 bridgehead atoms. The molecule has 148 heavy (non-hydrogen) atoms. The summed E-state index contributed by atoms with van der Waals surface area (Å²) in [7, 11) is 6.42. The number of ether oxygens (including phenoxy) is 4. The van der Waals surface area contributed by atoms with Gasteiger partial charge in [0.15, 0.2) is 23.1 Å². The van der Waals surface area contributed by atoms with Gasteiger partial charge in [0.2, 0.25) is 0 Å². The zero-order valence-electron chi connectivity index (χ0n) is 86.8. The minimum Gasteiger partial charge on any atom is -0.501 e. The fourth-order valence-corrected chi connectivity index (χ4v) is 19.6. The van der Waals surface area contributed by atoms with Gasteiger partial charge in [0.25, 0.3) is 0 Å². The highest BCUT2D eigenvalue weighted by atomic mass is 16.5. The predicted molar refractivity (Wildman–Crippen MR) is 619 cm³/mol. The molecule has 734 valence electrons. The first kappa shape index (κ1) is 103. The molecular weight excluding hydrogens is 1820 g/mol. The van der Waals surface area contributed by atoms with Crippen LogP contribution >= 0.6 is 0 Å². The van der Waals surface area contributed by atoms with E-state index >= 15 is 0 Å². The SMILES string of the molecule is CO/C(C)=C(\C(C)=O)c1c(C)c(C)c(N(c2ccccc2)c2ccc(-c3ccccc3)cc2)c(C)c1C.CO/C(C)=C(\C(C)=O)c1ccc(N(c2ccccc2)c2ccc(-c3ccccc3)cc2)c2ccccc12.CO/C(C)=C(\C(C)=O)c1ccc2cc(N(c3ccccc3)c3ccc(-c4ccccc4)cc3)ccc2c1.CO/C(C)=C(\C(C)=O)c1cccc2c(N(c3ccccc3)c3ccc(-c4ccccc4)cc3)cccc12. The highest BCUT2D eigenvalue weighted by Crippen LogP contribution is 2.49. The summed E-state index contributed by atoms with van der Waals surface area (Å²) in [6, 6.07) is 155. The Morgan fingerprint density at radius 2 is 0.453 bits per heavy atom. The first-order valence-corrected chi connectivity index (χ1v) is 49.7. The summed E-state index contributed by atoms with van der Waals surface area (Å²) < 4.78 is 21.9. The van der Waals surface area contributed by atoms with Gasteiger partial charge in [-0.05, 0) is 321 Å². The summed E-state index contributed by atoms with van der Waals surface area (Å²) >= 11 is 0. The van der Waals surface area contributed by atoms with Crippen LogP contribution in [0.3, 0.4) is 0 Å². The lowest BCUT2D eigenvalue weighted by molar-refractivity contribution is -0.112. The van der Waals surface area contributed by atoms with Gasteiger partial charge in [-0.1, -0.05) is 322 Å². The Labute approximate surface area is 870 Å². The molecule has 0 aliphatic heterocycles. The van der Waals surface area contributed by atoms with Gasteiger partial charge in [-0.2, -0.15) is 0 Å². The lowest BCUT2D eigenvalue weighted by Gasteiger charge is -2.32. The standard InChI is InChI=1S/3C34H29NO2.C34H35NO2/c1-24(36)34(25(2)37-3)32-18-10-17-31-30(32)16-11-19-33(31)35(28-14-8-5-9-15-28)29-22-20-27(21-23-29)26-12-6-4-7-13-26;1-24(36)34(25(2)37-3)32-22-23-33(31-17-11-10-16-30(31)32)35(28-14-8-5-9-15-28)29-20-18-27(19-21-29)26-12-6-4-7-13-26;1-24(36)34(25(2)37-3)30-15-14-29-23-33(21-18-28(29)22-30)35(31-12-8-5-9-13-31)32-19-16-27(17-20-32)26-10-6-4-7-11-26;1-22-24(3)34(25(4)23(2)32(22)33(26(5)36)27(6)37-7)35(30-16-12-9-13-17-30)31-20-18-29(19-21-31)28-14-10-8-11-15-28/h3*4-23H,1-3H3;8-21H,1-7H3/b3*34-25+;33-27+. The van der Waals surface area contributed by atoms with Crippen molar-refractivity contribution >= 4 is 146 Å². The molecule has 19 aromatic carbocycles. The third-order valence-electron chi connectivity index (χ3n) is 27.3. The van der Waals surface area contributed by atoms with E-state index in [-0.39, 0.29) is 23.1 Å². The largest absolute Gasteiger partial charge is 0.501 e. The lowest BCUT2D eigenvalue weighted by atomic mass is 9.85. The number of ketones is 4. The molecule has 0 aliphatic carbocycles. The minimum atomic E-state index is -0.0198. The number of allylic oxidation sites excluding steroid dienone is 8. The van der Waals surface area contributed by atoms with E-state index in [0.29, 0.717) is 45.3 Å². The summed E-state index contributed by atoms with van der Waals surface area (Å²) in [4.78, 5) is 59.5. The molecule has 0 saturated heterocycles. The third kappa shape index (κ3) is 22.9. The van der Waals surface area contributed by atoms with Gasteiger partial charge in [0, 0.05) is 62.0 Å². The van der Waals surface area contributed by atoms with Gasteiger partial charge < -0.3 is 38.5 Å². The van der Waals surface area contributed by atoms with Crippen molar-refractivity contribution in [1.29, 1.82) is 0 Å². The highest BCUT2D eigenvalue weighted by Gasteiger charge is 2.29. The molecule has 12 heteroatoms. The normalized spacial score (nSPS) is 11.6. The van der Waals surface area contributed by atoms with Crippen LogP contribution in [-0.4, -0.2) is 51.6 Å². The second-order valence-electron chi connectivity index (χ2n) is 36.4. The number of methoxy groups -OCH3 is 4. The Balaban J connectivity index is 0.000000141. The zero-order chi connectivity index (χ0) is 104. The number of hydrogen-bond acceptors (Lipinski definition) is 12. The van der Waals surface area contributed by atoms with Crippen LogP contribution in [0.15, 0.2) is 472 Å². The quantitative estimate of drug-likeness (QED) is 0.0343. The molecule has 19 aromatic rings. The predicted octanol–water partition coefficient (Wildman–Crippen LogP) is 35.9. The molecule has 0 radical (unpaired) electrons. The Hall–Kier alpha value is -18.0. The Morgan fingerprint density at radius 1 is 0.196 bits per heavy atom. The molecule has 12 nitrogen and oxygen atoms in total. The van der Waals surface area contributed by atoms with Crippen molar-refractivity contribution in [2.45, 2.75) is 83.1 Å². The van der Waals surface area contributed by atoms with Crippen LogP contribution in [-0.2, 0) is 38.1 Å². The van der Waals surface area contributed by atoms with E-state index in [0.717, 1.165) is 145 Å². The van der Waals surface area contributed by atoms with Gasteiger partial charge in [-0.15, -0.1) is 0 Å². The van der Waals surface area contributed by atoms with Gasteiger partial charge >= 0.3 is 0 Å². The summed E-state index contributed by atoms with van der Waals surface area (Å²) in [5, 5.41) is 6.28. The molecule has 0 heterocycles. The van der Waals surface area contributed by atoms with Gasteiger partial charge in [-0.25, -0.2) is 0 Å². The van der Waals surface area contributed by atoms with Gasteiger partial charge in [0.1, 0.15) is 23.0 Å². The molecule has 19 rings (SSSR count). The van der Waals surface area contributed by atoms with E-state index < -0.39 is 0 Å². The average Bonchev–Trinajstić information content (AvgIpc) is 0.740. The molecule has 0 unspecified atom stereocenters. The Bertz CT molecular complexity index is 7850. The lowest BCUT2D eigenvalue weighted by Crippen LogP contribution is -2.16. The maximum atomic E-state index is 12.7. The third-order valence-corrected chi connectivity index (χ3v) is 27.3. The van der Waals surface area contributed by atoms with Crippen LogP contribution in [0.5, 0.6) is 0 Å². The van der Waals surface area contributed by atoms with Crippen molar-refractivity contribution in [2.24, 2.45) is 0 Å². The van der Waals surface area contributed by atoms with Crippen molar-refractivity contribution in [1.82, 2.24) is 0 Å². The number of benzene rings is 19. The number of Topliss-reactive ketones (excluding diaryl/α,β-unsaturated/α-hetero) is 4. The van der Waals surface area contributed by atoms with Crippen LogP contribution in [0.25, 0.3) is 99.1 Å². The van der Waals surface area contributed by atoms with Crippen LogP contribution in [0.4, 0.5) is 68.2 Å². The van der Waals surface area contributed by atoms with Crippen molar-refractivity contribution in [3.63, 3.8) is 0 Å². The van der Waals surface area contributed by atoms with E-state index in [9.17, 15) is 19.2 Å². The van der Waals surface area contributed by atoms with Gasteiger partial charge in [-0.3, -0.25) is 19.2 Å². The number of carbonyl (C=O) groups excluding carboxylic acids is 4. The molecule has 0 N–H and O–H groups in total. The summed E-state index contributed by atoms with van der Waals surface area (Å²) in [6.45, 7) is 22.2. The topological polar surface area (TPSA) is 118 Å². The van der Waals surface area contributed by atoms with Crippen LogP contribution in [0.1, 0.15) is 99.9 Å². The fraction of sp³-hybridized carbons (Fsp3) is 0.118. The van der Waals surface area contributed by atoms with E-state index in [2.05, 4.69) is 411 Å². The second kappa shape index (κ2) is 47.9. The minimum absolute atomic E-state index is 0.00789. The van der Waals surface area contributed by atoms with Crippen LogP contribution in [0.2, 0.25) is 0 Å². The smallest absolute Gasteiger partial charge is 0.163 e. The number of nitrogens with zero attached hydrogens (tertiary/aromatic N) is 4. The molecule has 0 amide bonds. The monoisotopic (exact) mass is 1940 g/mol. The molecule has 0 saturated carbocycles. The van der Waals surface area contributed by atoms with Crippen molar-refractivity contribution < 1.29 is 38.1 Å². The van der Waals surface area contributed by atoms with E-state index in [4.69, 9.17) is 18.9 Å². The number of para-hydroxylation sites is 4. The van der Waals surface area contributed by atoms with Crippen molar-refractivity contribution in [2.75, 3.05) is 48.0 Å². The number of fused-ring (bicyclic) bond motifs is 3. The average molecular weight is 1940 g/mol. The zero-order valence-corrected chi connectivity index (χ0v) is 86.8. The molecule has 0 aromatic heterocycles. The molecule has 0 spiro atoms. The number of anilines is 12. The van der Waals surface area contributed by atoms with Gasteiger partial charge in [0.05, 0.1) is 67.8 Å². The Kier molecular flexibility index (Phi) is 33.3. The maximum absolute atomic E-state index is 12.7. The summed E-state index contributed by atoms with van der Waals surface area (Å²) in [5.74, 6) is 2.45. The fourth-order valence-electron chi connectivity index (χ4n) is 19.6. The maximum Gasteiger partial charge on any atom is 0.163 e. The summed E-state index contributed by atoms with van der Waals surface area (Å²) in [5.41, 5.74) is 32.8. The first-order chi connectivity index (χ1) is 72.0. The molecule has 0 atom stereocenters. The highest BCUT2D eigenvalue weighted by molar-refractivity contribution is 6.26. The molecule has 0 fully saturated rings. The number of hydrogen-bond donors (Lipinski definition) is 0. The van der Waals surface area contributed by atoms with E-state index in [1.54, 1.807) is 56.1 Å².